The summed E-state index contributed by atoms with van der Waals surface area (Å²) in [5.41, 5.74) is 0.895. The number of furan rings is 1. The molecule has 1 aromatic heterocycles. The van der Waals surface area contributed by atoms with Crippen LogP contribution in [0.25, 0.3) is 21.9 Å². The maximum atomic E-state index is 13.2. The Morgan fingerprint density at radius 2 is 1.54 bits per heavy atom. The van der Waals surface area contributed by atoms with Gasteiger partial charge in [-0.25, -0.2) is 9.59 Å². The molecule has 0 fully saturated rings. The normalized spacial score (nSPS) is 11.4. The van der Waals surface area contributed by atoms with Gasteiger partial charge in [-0.1, -0.05) is 19.2 Å². The number of hydrogen-bond acceptors (Lipinski definition) is 7. The highest BCUT2D eigenvalue weighted by molar-refractivity contribution is 6.10. The number of benzene rings is 2. The molecule has 0 aliphatic carbocycles. The van der Waals surface area contributed by atoms with Crippen LogP contribution in [0.3, 0.4) is 0 Å². The van der Waals surface area contributed by atoms with Gasteiger partial charge in [0.1, 0.15) is 0 Å². The lowest BCUT2D eigenvalue weighted by Gasteiger charge is -2.13. The third-order valence-electron chi connectivity index (χ3n) is 4.91. The fraction of sp³-hybridized carbons (Fsp3) is 0.280. The summed E-state index contributed by atoms with van der Waals surface area (Å²) >= 11 is 0. The van der Waals surface area contributed by atoms with Gasteiger partial charge in [-0.2, -0.15) is 0 Å². The molecule has 0 aliphatic heterocycles. The van der Waals surface area contributed by atoms with Crippen LogP contribution in [0.5, 0.6) is 17.2 Å². The third kappa shape index (κ3) is 5.76. The molecule has 0 atom stereocenters. The summed E-state index contributed by atoms with van der Waals surface area (Å²) < 4.78 is 65.2. The monoisotopic (exact) mass is 492 g/mol. The highest BCUT2D eigenvalue weighted by Gasteiger charge is 2.35. The number of alkyl halides is 3. The van der Waals surface area contributed by atoms with Gasteiger partial charge in [0.05, 0.1) is 13.7 Å². The smallest absolute Gasteiger partial charge is 0.493 e. The summed E-state index contributed by atoms with van der Waals surface area (Å²) in [7, 11) is 1.40. The van der Waals surface area contributed by atoms with Crippen LogP contribution in [-0.4, -0.2) is 32.0 Å². The van der Waals surface area contributed by atoms with Crippen LogP contribution in [0.15, 0.2) is 53.0 Å². The highest BCUT2D eigenvalue weighted by atomic mass is 19.4. The second kappa shape index (κ2) is 10.1. The van der Waals surface area contributed by atoms with Crippen molar-refractivity contribution in [2.75, 3.05) is 13.7 Å². The number of ether oxygens (including phenoxy) is 4. The summed E-state index contributed by atoms with van der Waals surface area (Å²) in [4.78, 5) is 23.5. The van der Waals surface area contributed by atoms with Gasteiger partial charge >= 0.3 is 18.3 Å². The molecule has 0 aliphatic rings. The van der Waals surface area contributed by atoms with E-state index >= 15 is 0 Å². The van der Waals surface area contributed by atoms with E-state index in [0.29, 0.717) is 34.9 Å². The van der Waals surface area contributed by atoms with Crippen molar-refractivity contribution < 1.29 is 46.1 Å². The lowest BCUT2D eigenvalue weighted by molar-refractivity contribution is -0.274. The fourth-order valence-corrected chi connectivity index (χ4v) is 3.33. The van der Waals surface area contributed by atoms with E-state index in [-0.39, 0.29) is 28.9 Å². The van der Waals surface area contributed by atoms with E-state index in [1.165, 1.54) is 26.2 Å². The number of hydrogen-bond donors (Lipinski definition) is 0. The first-order valence-electron chi connectivity index (χ1n) is 10.4. The molecule has 1 heterocycles. The maximum absolute atomic E-state index is 13.2. The molecule has 3 aromatic rings. The first kappa shape index (κ1) is 25.7. The Hall–Kier alpha value is -3.95. The molecule has 0 bridgehead atoms. The lowest BCUT2D eigenvalue weighted by atomic mass is 10.0. The molecule has 2 aromatic carbocycles. The van der Waals surface area contributed by atoms with Crippen molar-refractivity contribution in [1.29, 1.82) is 0 Å². The van der Waals surface area contributed by atoms with E-state index in [1.54, 1.807) is 19.1 Å². The zero-order valence-electron chi connectivity index (χ0n) is 19.3. The van der Waals surface area contributed by atoms with Gasteiger partial charge < -0.3 is 23.4 Å². The molecule has 35 heavy (non-hydrogen) atoms. The summed E-state index contributed by atoms with van der Waals surface area (Å²) in [6.45, 7) is 9.99. The van der Waals surface area contributed by atoms with Crippen LogP contribution in [0, 0.1) is 0 Å². The molecule has 0 saturated heterocycles. The largest absolute Gasteiger partial charge is 0.573 e. The predicted octanol–water partition coefficient (Wildman–Crippen LogP) is 6.03. The minimum atomic E-state index is -5.08. The fourth-order valence-electron chi connectivity index (χ4n) is 3.33. The first-order chi connectivity index (χ1) is 16.4. The van der Waals surface area contributed by atoms with Crippen LogP contribution in [0.1, 0.15) is 25.8 Å². The van der Waals surface area contributed by atoms with E-state index in [4.69, 9.17) is 18.6 Å². The Bertz CT molecular complexity index is 1320. The average Bonchev–Trinajstić information content (AvgIpc) is 3.15. The van der Waals surface area contributed by atoms with Crippen molar-refractivity contribution in [2.24, 2.45) is 0 Å². The van der Waals surface area contributed by atoms with Crippen molar-refractivity contribution in [2.45, 2.75) is 33.1 Å². The maximum Gasteiger partial charge on any atom is 0.573 e. The molecule has 0 N–H and O–H groups in total. The Balaban J connectivity index is 2.05. The van der Waals surface area contributed by atoms with E-state index in [0.717, 1.165) is 0 Å². The zero-order chi connectivity index (χ0) is 25.9. The van der Waals surface area contributed by atoms with Crippen LogP contribution >= 0.6 is 0 Å². The zero-order valence-corrected chi connectivity index (χ0v) is 19.3. The summed E-state index contributed by atoms with van der Waals surface area (Å²) in [6, 6.07) is 6.07. The average molecular weight is 492 g/mol. The topological polar surface area (TPSA) is 84.2 Å². The standard InChI is InChI=1S/C25H23F3O7/c1-13(2)23(29)32-12-6-7-15-8-9-16-17-10-11-18(33-24(30)14(3)4)22(35-25(26,27)28)21(17)34-20(16)19(15)31-5/h8-11H,1,3,6-7,12H2,2,4-5H3. The van der Waals surface area contributed by atoms with Gasteiger partial charge in [-0.05, 0) is 50.5 Å². The van der Waals surface area contributed by atoms with E-state index in [1.807, 2.05) is 0 Å². The van der Waals surface area contributed by atoms with Crippen molar-refractivity contribution >= 4 is 33.9 Å². The lowest BCUT2D eigenvalue weighted by Crippen LogP contribution is -2.18. The Kier molecular flexibility index (Phi) is 7.42. The molecule has 0 unspecified atom stereocenters. The van der Waals surface area contributed by atoms with Gasteiger partial charge in [-0.15, -0.1) is 13.2 Å². The predicted molar refractivity (Wildman–Crippen MR) is 121 cm³/mol. The molecule has 10 heteroatoms. The van der Waals surface area contributed by atoms with E-state index in [2.05, 4.69) is 17.9 Å². The summed E-state index contributed by atoms with van der Waals surface area (Å²) in [5.74, 6) is -2.37. The second-order valence-electron chi connectivity index (χ2n) is 7.74. The minimum absolute atomic E-state index is 0.00657. The molecule has 186 valence electrons. The molecule has 0 amide bonds. The number of methoxy groups -OCH3 is 1. The molecule has 0 radical (unpaired) electrons. The second-order valence-corrected chi connectivity index (χ2v) is 7.74. The highest BCUT2D eigenvalue weighted by Crippen LogP contribution is 2.45. The van der Waals surface area contributed by atoms with Crippen molar-refractivity contribution in [1.82, 2.24) is 0 Å². The molecular formula is C25H23F3O7. The number of carbonyl (C=O) groups excluding carboxylic acids is 2. The van der Waals surface area contributed by atoms with Crippen molar-refractivity contribution in [3.63, 3.8) is 0 Å². The van der Waals surface area contributed by atoms with E-state index < -0.39 is 29.8 Å². The van der Waals surface area contributed by atoms with Gasteiger partial charge in [0.15, 0.2) is 22.7 Å². The molecule has 0 saturated carbocycles. The van der Waals surface area contributed by atoms with Crippen LogP contribution in [0.4, 0.5) is 13.2 Å². The molecule has 3 rings (SSSR count). The molecule has 7 nitrogen and oxygen atoms in total. The number of esters is 2. The van der Waals surface area contributed by atoms with Crippen LogP contribution < -0.4 is 14.2 Å². The van der Waals surface area contributed by atoms with Gasteiger partial charge in [0.2, 0.25) is 5.75 Å². The SMILES string of the molecule is C=C(C)C(=O)OCCCc1ccc2c(oc3c(OC(F)(F)F)c(OC(=O)C(=C)C)ccc32)c1OC. The Morgan fingerprint density at radius 3 is 2.11 bits per heavy atom. The Morgan fingerprint density at radius 1 is 0.943 bits per heavy atom. The van der Waals surface area contributed by atoms with Gasteiger partial charge in [0, 0.05) is 21.9 Å². The number of carbonyl (C=O) groups is 2. The number of halogens is 3. The number of fused-ring (bicyclic) bond motifs is 3. The van der Waals surface area contributed by atoms with Crippen LogP contribution in [-0.2, 0) is 20.7 Å². The van der Waals surface area contributed by atoms with Gasteiger partial charge in [-0.3, -0.25) is 0 Å². The quantitative estimate of drug-likeness (QED) is 0.156. The number of aryl methyl sites for hydroxylation is 1. The Labute approximate surface area is 198 Å². The number of rotatable bonds is 9. The summed E-state index contributed by atoms with van der Waals surface area (Å²) in [5, 5.41) is 0.772. The van der Waals surface area contributed by atoms with E-state index in [9.17, 15) is 22.8 Å². The summed E-state index contributed by atoms with van der Waals surface area (Å²) in [6.07, 6.45) is -4.17. The van der Waals surface area contributed by atoms with Gasteiger partial charge in [0.25, 0.3) is 0 Å². The van der Waals surface area contributed by atoms with Crippen molar-refractivity contribution in [3.05, 3.63) is 54.1 Å². The third-order valence-corrected chi connectivity index (χ3v) is 4.91. The minimum Gasteiger partial charge on any atom is -0.493 e. The molecular weight excluding hydrogens is 469 g/mol. The molecule has 0 spiro atoms. The van der Waals surface area contributed by atoms with Crippen molar-refractivity contribution in [3.8, 4) is 17.2 Å². The van der Waals surface area contributed by atoms with Crippen LogP contribution in [0.2, 0.25) is 0 Å². The first-order valence-corrected chi connectivity index (χ1v) is 10.4.